The van der Waals surface area contributed by atoms with Crippen LogP contribution in [0.15, 0.2) is 36.4 Å². The van der Waals surface area contributed by atoms with E-state index in [9.17, 15) is 21.6 Å². The van der Waals surface area contributed by atoms with Crippen molar-refractivity contribution in [2.24, 2.45) is 0 Å². The van der Waals surface area contributed by atoms with Crippen molar-refractivity contribution in [3.05, 3.63) is 42.0 Å². The summed E-state index contributed by atoms with van der Waals surface area (Å²) in [5.74, 6) is 4.71. The summed E-state index contributed by atoms with van der Waals surface area (Å²) in [5.41, 5.74) is -5.30. The second kappa shape index (κ2) is 7.18. The largest absolute Gasteiger partial charge is 0.534 e. The van der Waals surface area contributed by atoms with Crippen LogP contribution in [0.3, 0.4) is 0 Å². The Bertz CT molecular complexity index is 650. The zero-order chi connectivity index (χ0) is 15.9. The first-order valence-corrected chi connectivity index (χ1v) is 7.43. The van der Waals surface area contributed by atoms with Gasteiger partial charge in [-0.05, 0) is 6.42 Å². The molecule has 7 heteroatoms. The smallest absolute Gasteiger partial charge is 0.375 e. The number of hydrogen-bond donors (Lipinski definition) is 0. The molecule has 21 heavy (non-hydrogen) atoms. The second-order valence-corrected chi connectivity index (χ2v) is 5.47. The summed E-state index contributed by atoms with van der Waals surface area (Å²) in [7, 11) is -5.72. The van der Waals surface area contributed by atoms with Crippen LogP contribution in [0.5, 0.6) is 0 Å². The number of hydrogen-bond acceptors (Lipinski definition) is 3. The van der Waals surface area contributed by atoms with Gasteiger partial charge in [-0.3, -0.25) is 0 Å². The molecule has 0 radical (unpaired) electrons. The normalized spacial score (nSPS) is 12.5. The van der Waals surface area contributed by atoms with E-state index < -0.39 is 21.4 Å². The van der Waals surface area contributed by atoms with E-state index in [-0.39, 0.29) is 5.56 Å². The molecule has 0 N–H and O–H groups in total. The Kier molecular flexibility index (Phi) is 5.85. The monoisotopic (exact) mass is 318 g/mol. The molecule has 3 nitrogen and oxygen atoms in total. The van der Waals surface area contributed by atoms with Crippen molar-refractivity contribution in [3.8, 4) is 11.8 Å². The van der Waals surface area contributed by atoms with E-state index in [0.717, 1.165) is 12.5 Å². The molecule has 0 saturated heterocycles. The van der Waals surface area contributed by atoms with E-state index >= 15 is 0 Å². The molecule has 1 rings (SSSR count). The second-order valence-electron chi connectivity index (χ2n) is 3.93. The van der Waals surface area contributed by atoms with Gasteiger partial charge in [0.25, 0.3) is 0 Å². The maximum atomic E-state index is 12.4. The van der Waals surface area contributed by atoms with Crippen LogP contribution in [0, 0.1) is 11.8 Å². The van der Waals surface area contributed by atoms with Gasteiger partial charge in [0.15, 0.2) is 5.76 Å². The van der Waals surface area contributed by atoms with Crippen molar-refractivity contribution in [2.45, 2.75) is 25.3 Å². The first-order valence-electron chi connectivity index (χ1n) is 6.02. The van der Waals surface area contributed by atoms with Gasteiger partial charge < -0.3 is 4.18 Å². The van der Waals surface area contributed by atoms with E-state index in [0.29, 0.717) is 6.42 Å². The number of benzene rings is 1. The number of allylic oxidation sites excluding steroid dienone is 1. The third-order valence-corrected chi connectivity index (χ3v) is 3.19. The van der Waals surface area contributed by atoms with Crippen molar-refractivity contribution in [2.75, 3.05) is 0 Å². The Labute approximate surface area is 121 Å². The van der Waals surface area contributed by atoms with E-state index in [1.807, 2.05) is 6.92 Å². The fourth-order valence-corrected chi connectivity index (χ4v) is 1.71. The molecule has 1 aromatic carbocycles. The molecule has 0 unspecified atom stereocenters. The summed E-state index contributed by atoms with van der Waals surface area (Å²) < 4.78 is 63.5. The highest BCUT2D eigenvalue weighted by Crippen LogP contribution is 2.29. The summed E-state index contributed by atoms with van der Waals surface area (Å²) in [6.07, 6.45) is 2.35. The molecule has 0 fully saturated rings. The maximum absolute atomic E-state index is 12.4. The van der Waals surface area contributed by atoms with Gasteiger partial charge in [-0.2, -0.15) is 21.6 Å². The first-order chi connectivity index (χ1) is 9.78. The lowest BCUT2D eigenvalue weighted by atomic mass is 10.2. The van der Waals surface area contributed by atoms with Gasteiger partial charge in [0.05, 0.1) is 0 Å². The predicted octanol–water partition coefficient (Wildman–Crippen LogP) is 3.70. The molecule has 0 spiro atoms. The van der Waals surface area contributed by atoms with Gasteiger partial charge in [0.1, 0.15) is 0 Å². The summed E-state index contributed by atoms with van der Waals surface area (Å²) in [4.78, 5) is 0. The van der Waals surface area contributed by atoms with Crippen LogP contribution in [0.1, 0.15) is 25.3 Å². The predicted molar refractivity (Wildman–Crippen MR) is 73.2 cm³/mol. The van der Waals surface area contributed by atoms with E-state index in [4.69, 9.17) is 0 Å². The highest BCUT2D eigenvalue weighted by atomic mass is 32.2. The molecule has 114 valence electrons. The van der Waals surface area contributed by atoms with Crippen molar-refractivity contribution in [3.63, 3.8) is 0 Å². The fraction of sp³-hybridized carbons (Fsp3) is 0.286. The van der Waals surface area contributed by atoms with Crippen molar-refractivity contribution >= 4 is 15.9 Å². The van der Waals surface area contributed by atoms with Gasteiger partial charge in [0, 0.05) is 18.1 Å². The average Bonchev–Trinajstić information content (AvgIpc) is 2.42. The Hall–Kier alpha value is -1.94. The number of halogens is 3. The lowest BCUT2D eigenvalue weighted by Crippen LogP contribution is -2.25. The quantitative estimate of drug-likeness (QED) is 0.368. The first kappa shape index (κ1) is 17.1. The molecule has 0 heterocycles. The minimum atomic E-state index is -5.72. The Morgan fingerprint density at radius 2 is 1.90 bits per heavy atom. The zero-order valence-corrected chi connectivity index (χ0v) is 12.0. The minimum absolute atomic E-state index is 0.191. The SMILES string of the molecule is CCCC#C/C=C(/OS(=O)(=O)C(F)(F)F)c1ccccc1. The third kappa shape index (κ3) is 5.16. The third-order valence-electron chi connectivity index (χ3n) is 2.22. The molecule has 1 aromatic rings. The standard InChI is InChI=1S/C14H13F3O3S/c1-2-3-4-8-11-13(12-9-6-5-7-10-12)20-21(18,19)14(15,16)17/h5-7,9-11H,2-3H2,1H3/b13-11+. The van der Waals surface area contributed by atoms with Crippen molar-refractivity contribution in [1.82, 2.24) is 0 Å². The van der Waals surface area contributed by atoms with Crippen LogP contribution in [0.4, 0.5) is 13.2 Å². The van der Waals surface area contributed by atoms with Crippen LogP contribution in [0.2, 0.25) is 0 Å². The minimum Gasteiger partial charge on any atom is -0.375 e. The van der Waals surface area contributed by atoms with Gasteiger partial charge in [-0.15, -0.1) is 0 Å². The average molecular weight is 318 g/mol. The molecule has 0 bridgehead atoms. The van der Waals surface area contributed by atoms with Crippen molar-refractivity contribution < 1.29 is 25.8 Å². The number of unbranched alkanes of at least 4 members (excludes halogenated alkanes) is 1. The topological polar surface area (TPSA) is 43.4 Å². The van der Waals surface area contributed by atoms with Crippen molar-refractivity contribution in [1.29, 1.82) is 0 Å². The zero-order valence-electron chi connectivity index (χ0n) is 11.1. The molecular weight excluding hydrogens is 305 g/mol. The van der Waals surface area contributed by atoms with Gasteiger partial charge >= 0.3 is 15.6 Å². The molecule has 0 aliphatic rings. The van der Waals surface area contributed by atoms with E-state index in [1.165, 1.54) is 12.1 Å². The molecule has 0 saturated carbocycles. The van der Waals surface area contributed by atoms with E-state index in [2.05, 4.69) is 16.0 Å². The maximum Gasteiger partial charge on any atom is 0.534 e. The van der Waals surface area contributed by atoms with E-state index in [1.54, 1.807) is 18.2 Å². The highest BCUT2D eigenvalue weighted by molar-refractivity contribution is 7.87. The lowest BCUT2D eigenvalue weighted by molar-refractivity contribution is -0.0509. The Morgan fingerprint density at radius 1 is 1.29 bits per heavy atom. The van der Waals surface area contributed by atoms with Gasteiger partial charge in [-0.1, -0.05) is 49.1 Å². The molecule has 0 aliphatic heterocycles. The van der Waals surface area contributed by atoms with Crippen LogP contribution >= 0.6 is 0 Å². The molecule has 0 atom stereocenters. The molecule has 0 amide bonds. The van der Waals surface area contributed by atoms with Gasteiger partial charge in [-0.25, -0.2) is 0 Å². The van der Waals surface area contributed by atoms with Gasteiger partial charge in [0.2, 0.25) is 0 Å². The molecule has 0 aliphatic carbocycles. The van der Waals surface area contributed by atoms with Crippen LogP contribution in [0.25, 0.3) is 5.76 Å². The van der Waals surface area contributed by atoms with Crippen LogP contribution in [-0.4, -0.2) is 13.9 Å². The Morgan fingerprint density at radius 3 is 2.43 bits per heavy atom. The Balaban J connectivity index is 3.14. The molecular formula is C14H13F3O3S. The summed E-state index contributed by atoms with van der Waals surface area (Å²) >= 11 is 0. The molecule has 0 aromatic heterocycles. The number of rotatable bonds is 4. The van der Waals surface area contributed by atoms with Crippen LogP contribution in [-0.2, 0) is 14.3 Å². The number of alkyl halides is 3. The summed E-state index contributed by atoms with van der Waals surface area (Å²) in [6.45, 7) is 1.89. The van der Waals surface area contributed by atoms with Crippen LogP contribution < -0.4 is 0 Å². The summed E-state index contributed by atoms with van der Waals surface area (Å²) in [6, 6.07) is 7.60. The fourth-order valence-electron chi connectivity index (χ4n) is 1.24. The summed E-state index contributed by atoms with van der Waals surface area (Å²) in [5, 5.41) is 0. The highest BCUT2D eigenvalue weighted by Gasteiger charge is 2.48. The lowest BCUT2D eigenvalue weighted by Gasteiger charge is -2.11.